The highest BCUT2D eigenvalue weighted by Crippen LogP contribution is 2.40. The third-order valence-corrected chi connectivity index (χ3v) is 5.33. The molecule has 158 valence electrons. The molecule has 0 atom stereocenters. The number of hydrogen-bond acceptors (Lipinski definition) is 5. The molecule has 0 N–H and O–H groups in total. The molecule has 0 saturated carbocycles. The number of pyridine rings is 1. The molecular weight excluding hydrogens is 380 g/mol. The summed E-state index contributed by atoms with van der Waals surface area (Å²) in [6, 6.07) is 2.29. The quantitative estimate of drug-likeness (QED) is 0.227. The Bertz CT molecular complexity index is 865. The van der Waals surface area contributed by atoms with Gasteiger partial charge in [0.1, 0.15) is 4.83 Å². The van der Waals surface area contributed by atoms with Gasteiger partial charge in [0.2, 0.25) is 0 Å². The monoisotopic (exact) mass is 414 g/mol. The minimum absolute atomic E-state index is 0.352. The van der Waals surface area contributed by atoms with Crippen LogP contribution in [-0.4, -0.2) is 49.7 Å². The molecule has 0 aliphatic rings. The molecule has 0 fully saturated rings. The summed E-state index contributed by atoms with van der Waals surface area (Å²) < 4.78 is 0. The van der Waals surface area contributed by atoms with E-state index >= 15 is 0 Å². The largest absolute Gasteiger partial charge is 0.377 e. The first kappa shape index (κ1) is 24.6. The van der Waals surface area contributed by atoms with Crippen molar-refractivity contribution in [3.05, 3.63) is 41.4 Å². The Morgan fingerprint density at radius 3 is 2.55 bits per heavy atom. The molecule has 0 saturated heterocycles. The van der Waals surface area contributed by atoms with Crippen LogP contribution in [0.5, 0.6) is 0 Å². The van der Waals surface area contributed by atoms with Gasteiger partial charge in [-0.15, -0.1) is 17.9 Å². The number of allylic oxidation sites excluding steroid dienone is 3. The van der Waals surface area contributed by atoms with E-state index < -0.39 is 0 Å². The fourth-order valence-corrected chi connectivity index (χ4v) is 3.29. The van der Waals surface area contributed by atoms with Crippen molar-refractivity contribution in [2.24, 2.45) is 4.99 Å². The molecule has 2 aromatic heterocycles. The van der Waals surface area contributed by atoms with E-state index in [4.69, 9.17) is 0 Å². The molecule has 6 heteroatoms. The lowest BCUT2D eigenvalue weighted by Crippen LogP contribution is -2.24. The number of nitrogens with zero attached hydrogens (tertiary/aromatic N) is 4. The lowest BCUT2D eigenvalue weighted by atomic mass is 10.2. The van der Waals surface area contributed by atoms with E-state index in [0.29, 0.717) is 16.6 Å². The Labute approximate surface area is 179 Å². The minimum atomic E-state index is 0.352. The average Bonchev–Trinajstić information content (AvgIpc) is 3.04. The van der Waals surface area contributed by atoms with E-state index in [1.807, 2.05) is 43.9 Å². The number of thiophene rings is 1. The summed E-state index contributed by atoms with van der Waals surface area (Å²) in [6.45, 7) is 12.1. The molecule has 0 radical (unpaired) electrons. The van der Waals surface area contributed by atoms with Crippen molar-refractivity contribution < 1.29 is 4.79 Å². The van der Waals surface area contributed by atoms with Gasteiger partial charge in [-0.1, -0.05) is 17.7 Å². The molecule has 0 spiro atoms. The standard InChI is InChI=1S/C15H20N4OS.C8H14/c1-10(2)19(5)9-17-14-12(8-20)21-15-13(14)11(18(3)4)6-7-16-15;1-4-5-6-7-8(2)3/h6-10H,1-5H3;4-5H,2,6-7H2,1,3H3/b;5-4-. The van der Waals surface area contributed by atoms with Gasteiger partial charge in [0, 0.05) is 33.4 Å². The zero-order valence-corrected chi connectivity index (χ0v) is 19.6. The van der Waals surface area contributed by atoms with Crippen molar-refractivity contribution >= 4 is 45.6 Å². The van der Waals surface area contributed by atoms with Gasteiger partial charge >= 0.3 is 0 Å². The van der Waals surface area contributed by atoms with Gasteiger partial charge in [-0.05, 0) is 46.6 Å². The number of carbonyl (C=O) groups is 1. The zero-order chi connectivity index (χ0) is 22.0. The molecule has 0 bridgehead atoms. The molecule has 0 aliphatic carbocycles. The average molecular weight is 415 g/mol. The van der Waals surface area contributed by atoms with Gasteiger partial charge < -0.3 is 9.80 Å². The summed E-state index contributed by atoms with van der Waals surface area (Å²) in [7, 11) is 5.91. The van der Waals surface area contributed by atoms with E-state index in [9.17, 15) is 4.79 Å². The highest BCUT2D eigenvalue weighted by molar-refractivity contribution is 7.21. The summed E-state index contributed by atoms with van der Waals surface area (Å²) in [5.74, 6) is 0. The van der Waals surface area contributed by atoms with Gasteiger partial charge in [-0.2, -0.15) is 0 Å². The summed E-state index contributed by atoms with van der Waals surface area (Å²) in [5.41, 5.74) is 2.99. The Hall–Kier alpha value is -2.47. The number of aliphatic imine (C=N–C) groups is 1. The second-order valence-corrected chi connectivity index (χ2v) is 8.44. The second kappa shape index (κ2) is 12.2. The van der Waals surface area contributed by atoms with Crippen LogP contribution < -0.4 is 4.90 Å². The topological polar surface area (TPSA) is 48.8 Å². The first-order chi connectivity index (χ1) is 13.7. The lowest BCUT2D eigenvalue weighted by molar-refractivity contribution is 0.112. The molecule has 0 amide bonds. The summed E-state index contributed by atoms with van der Waals surface area (Å²) in [4.78, 5) is 25.7. The van der Waals surface area contributed by atoms with E-state index in [1.165, 1.54) is 16.9 Å². The van der Waals surface area contributed by atoms with Gasteiger partial charge in [0.05, 0.1) is 28.0 Å². The number of fused-ring (bicyclic) bond motifs is 1. The van der Waals surface area contributed by atoms with Crippen molar-refractivity contribution in [2.75, 3.05) is 26.0 Å². The molecule has 5 nitrogen and oxygen atoms in total. The summed E-state index contributed by atoms with van der Waals surface area (Å²) >= 11 is 1.38. The third-order valence-electron chi connectivity index (χ3n) is 4.32. The Kier molecular flexibility index (Phi) is 10.3. The van der Waals surface area contributed by atoms with Gasteiger partial charge in [-0.25, -0.2) is 9.98 Å². The molecule has 0 unspecified atom stereocenters. The molecule has 2 rings (SSSR count). The molecular formula is C23H34N4OS. The fraction of sp³-hybridized carbons (Fsp3) is 0.435. The maximum Gasteiger partial charge on any atom is 0.162 e. The number of rotatable bonds is 8. The third kappa shape index (κ3) is 7.46. The second-order valence-electron chi connectivity index (χ2n) is 7.41. The van der Waals surface area contributed by atoms with Crippen molar-refractivity contribution in [1.29, 1.82) is 0 Å². The van der Waals surface area contributed by atoms with Crippen molar-refractivity contribution in [3.63, 3.8) is 0 Å². The van der Waals surface area contributed by atoms with E-state index in [2.05, 4.69) is 49.5 Å². The van der Waals surface area contributed by atoms with Crippen LogP contribution >= 0.6 is 11.3 Å². The van der Waals surface area contributed by atoms with Gasteiger partial charge in [0.15, 0.2) is 6.29 Å². The number of aldehydes is 1. The van der Waals surface area contributed by atoms with Gasteiger partial charge in [0.25, 0.3) is 0 Å². The van der Waals surface area contributed by atoms with Crippen molar-refractivity contribution in [2.45, 2.75) is 46.6 Å². The normalized spacial score (nSPS) is 11.2. The Morgan fingerprint density at radius 2 is 2.03 bits per heavy atom. The Balaban J connectivity index is 0.000000447. The first-order valence-electron chi connectivity index (χ1n) is 9.78. The maximum absolute atomic E-state index is 11.3. The molecule has 0 aliphatic heterocycles. The van der Waals surface area contributed by atoms with Crippen LogP contribution in [-0.2, 0) is 0 Å². The fourth-order valence-electron chi connectivity index (χ4n) is 2.37. The number of anilines is 1. The van der Waals surface area contributed by atoms with E-state index in [1.54, 1.807) is 12.5 Å². The molecule has 2 aromatic rings. The van der Waals surface area contributed by atoms with Crippen LogP contribution in [0.2, 0.25) is 0 Å². The van der Waals surface area contributed by atoms with Crippen LogP contribution in [0.1, 0.15) is 50.2 Å². The predicted molar refractivity (Wildman–Crippen MR) is 129 cm³/mol. The minimum Gasteiger partial charge on any atom is -0.377 e. The lowest BCUT2D eigenvalue weighted by Gasteiger charge is -2.17. The van der Waals surface area contributed by atoms with Gasteiger partial charge in [-0.3, -0.25) is 4.79 Å². The van der Waals surface area contributed by atoms with E-state index in [-0.39, 0.29) is 0 Å². The summed E-state index contributed by atoms with van der Waals surface area (Å²) in [5, 5.41) is 0.933. The predicted octanol–water partition coefficient (Wildman–Crippen LogP) is 6.09. The molecule has 0 aromatic carbocycles. The van der Waals surface area contributed by atoms with Crippen LogP contribution in [0.15, 0.2) is 41.6 Å². The maximum atomic E-state index is 11.3. The van der Waals surface area contributed by atoms with Crippen LogP contribution in [0.3, 0.4) is 0 Å². The number of aromatic nitrogens is 1. The van der Waals surface area contributed by atoms with Crippen LogP contribution in [0, 0.1) is 0 Å². The Morgan fingerprint density at radius 1 is 1.34 bits per heavy atom. The van der Waals surface area contributed by atoms with Crippen LogP contribution in [0.4, 0.5) is 11.4 Å². The molecule has 29 heavy (non-hydrogen) atoms. The highest BCUT2D eigenvalue weighted by Gasteiger charge is 2.16. The molecule has 2 heterocycles. The summed E-state index contributed by atoms with van der Waals surface area (Å²) in [6.07, 6.45) is 10.9. The highest BCUT2D eigenvalue weighted by atomic mass is 32.1. The van der Waals surface area contributed by atoms with Crippen molar-refractivity contribution in [1.82, 2.24) is 9.88 Å². The number of hydrogen-bond donors (Lipinski definition) is 0. The van der Waals surface area contributed by atoms with Crippen LogP contribution in [0.25, 0.3) is 10.2 Å². The van der Waals surface area contributed by atoms with E-state index in [0.717, 1.165) is 35.0 Å². The smallest absolute Gasteiger partial charge is 0.162 e. The van der Waals surface area contributed by atoms with Crippen molar-refractivity contribution in [3.8, 4) is 0 Å². The zero-order valence-electron chi connectivity index (χ0n) is 18.8. The SMILES string of the molecule is C=C(C)CC/C=C\C.CC(C)N(C)C=Nc1c(C=O)sc2nccc(N(C)C)c12. The first-order valence-corrected chi connectivity index (χ1v) is 10.6. The number of carbonyl (C=O) groups excluding carboxylic acids is 1.